The van der Waals surface area contributed by atoms with E-state index in [1.807, 2.05) is 0 Å². The molecule has 0 unspecified atom stereocenters. The second kappa shape index (κ2) is 4.09. The maximum atomic E-state index is 13.4. The van der Waals surface area contributed by atoms with Gasteiger partial charge < -0.3 is 4.90 Å². The van der Waals surface area contributed by atoms with E-state index in [0.717, 1.165) is 10.0 Å². The molecule has 1 rings (SSSR count). The van der Waals surface area contributed by atoms with Gasteiger partial charge in [0.2, 0.25) is 0 Å². The van der Waals surface area contributed by atoms with Crippen molar-refractivity contribution in [3.63, 3.8) is 0 Å². The van der Waals surface area contributed by atoms with Crippen molar-refractivity contribution in [2.24, 2.45) is 0 Å². The highest BCUT2D eigenvalue weighted by Gasteiger charge is 2.14. The molecule has 0 bridgehead atoms. The van der Waals surface area contributed by atoms with E-state index >= 15 is 0 Å². The number of aryl methyl sites for hydroxylation is 1. The molecule has 0 aliphatic carbocycles. The van der Waals surface area contributed by atoms with Crippen LogP contribution in [0.5, 0.6) is 0 Å². The summed E-state index contributed by atoms with van der Waals surface area (Å²) in [4.78, 5) is 12.8. The van der Waals surface area contributed by atoms with Crippen LogP contribution < -0.4 is 0 Å². The van der Waals surface area contributed by atoms with Crippen molar-refractivity contribution in [2.45, 2.75) is 6.92 Å². The zero-order valence-corrected chi connectivity index (χ0v) is 9.85. The number of amides is 1. The van der Waals surface area contributed by atoms with E-state index < -0.39 is 5.82 Å². The Balaban J connectivity index is 3.22. The lowest BCUT2D eigenvalue weighted by Crippen LogP contribution is -2.22. The van der Waals surface area contributed by atoms with Crippen LogP contribution in [0.4, 0.5) is 4.39 Å². The molecular weight excluding hydrogens is 249 g/mol. The lowest BCUT2D eigenvalue weighted by Gasteiger charge is -2.11. The lowest BCUT2D eigenvalue weighted by molar-refractivity contribution is 0.0823. The first kappa shape index (κ1) is 11.2. The molecule has 1 aromatic carbocycles. The number of hydrogen-bond acceptors (Lipinski definition) is 1. The summed E-state index contributed by atoms with van der Waals surface area (Å²) in [6.07, 6.45) is 0. The highest BCUT2D eigenvalue weighted by Crippen LogP contribution is 2.21. The SMILES string of the molecule is Cc1cc(F)c(C(=O)N(C)C)cc1Br. The number of carbonyl (C=O) groups is 1. The summed E-state index contributed by atoms with van der Waals surface area (Å²) in [7, 11) is 3.19. The minimum atomic E-state index is -0.482. The second-order valence-corrected chi connectivity index (χ2v) is 4.14. The second-order valence-electron chi connectivity index (χ2n) is 3.28. The fraction of sp³-hybridized carbons (Fsp3) is 0.300. The number of benzene rings is 1. The standard InChI is InChI=1S/C10H11BrFNO/c1-6-4-9(12)7(5-8(6)11)10(14)13(2)3/h4-5H,1-3H3. The number of rotatable bonds is 1. The first-order valence-corrected chi connectivity index (χ1v) is 4.90. The molecule has 0 saturated carbocycles. The predicted molar refractivity (Wildman–Crippen MR) is 56.9 cm³/mol. The minimum Gasteiger partial charge on any atom is -0.345 e. The van der Waals surface area contributed by atoms with Crippen LogP contribution in [0.1, 0.15) is 15.9 Å². The first-order chi connectivity index (χ1) is 6.43. The third-order valence-corrected chi connectivity index (χ3v) is 2.74. The first-order valence-electron chi connectivity index (χ1n) is 4.10. The summed E-state index contributed by atoms with van der Waals surface area (Å²) < 4.78 is 14.1. The highest BCUT2D eigenvalue weighted by atomic mass is 79.9. The Kier molecular flexibility index (Phi) is 3.26. The van der Waals surface area contributed by atoms with E-state index in [0.29, 0.717) is 0 Å². The summed E-state index contributed by atoms with van der Waals surface area (Å²) in [5, 5.41) is 0. The van der Waals surface area contributed by atoms with Gasteiger partial charge in [0.05, 0.1) is 5.56 Å². The van der Waals surface area contributed by atoms with Crippen LogP contribution in [0.25, 0.3) is 0 Å². The molecule has 0 aliphatic rings. The van der Waals surface area contributed by atoms with Crippen molar-refractivity contribution in [1.29, 1.82) is 0 Å². The Morgan fingerprint density at radius 3 is 2.50 bits per heavy atom. The minimum absolute atomic E-state index is 0.0903. The molecule has 0 atom stereocenters. The van der Waals surface area contributed by atoms with E-state index in [9.17, 15) is 9.18 Å². The number of hydrogen-bond donors (Lipinski definition) is 0. The molecule has 1 amide bonds. The Bertz CT molecular complexity index is 377. The van der Waals surface area contributed by atoms with Crippen LogP contribution in [0.15, 0.2) is 16.6 Å². The zero-order chi connectivity index (χ0) is 10.9. The zero-order valence-electron chi connectivity index (χ0n) is 8.27. The van der Waals surface area contributed by atoms with E-state index in [-0.39, 0.29) is 11.5 Å². The maximum Gasteiger partial charge on any atom is 0.256 e. The average molecular weight is 260 g/mol. The Hall–Kier alpha value is -0.900. The van der Waals surface area contributed by atoms with Gasteiger partial charge in [0.15, 0.2) is 0 Å². The van der Waals surface area contributed by atoms with Crippen LogP contribution >= 0.6 is 15.9 Å². The van der Waals surface area contributed by atoms with Crippen molar-refractivity contribution < 1.29 is 9.18 Å². The molecule has 0 N–H and O–H groups in total. The molecule has 4 heteroatoms. The summed E-state index contributed by atoms with van der Waals surface area (Å²) >= 11 is 3.26. The van der Waals surface area contributed by atoms with Crippen molar-refractivity contribution in [1.82, 2.24) is 4.90 Å². The molecule has 0 aromatic heterocycles. The maximum absolute atomic E-state index is 13.4. The largest absolute Gasteiger partial charge is 0.345 e. The van der Waals surface area contributed by atoms with Crippen molar-refractivity contribution in [3.05, 3.63) is 33.5 Å². The summed E-state index contributed by atoms with van der Waals surface area (Å²) in [5.41, 5.74) is 0.866. The van der Waals surface area contributed by atoms with Gasteiger partial charge in [0.25, 0.3) is 5.91 Å². The van der Waals surface area contributed by atoms with Gasteiger partial charge in [0.1, 0.15) is 5.82 Å². The Morgan fingerprint density at radius 1 is 1.43 bits per heavy atom. The van der Waals surface area contributed by atoms with Crippen LogP contribution in [-0.2, 0) is 0 Å². The highest BCUT2D eigenvalue weighted by molar-refractivity contribution is 9.10. The van der Waals surface area contributed by atoms with E-state index in [1.165, 1.54) is 17.0 Å². The summed E-state index contributed by atoms with van der Waals surface area (Å²) in [5.74, 6) is -0.812. The number of nitrogens with zero attached hydrogens (tertiary/aromatic N) is 1. The fourth-order valence-corrected chi connectivity index (χ4v) is 1.39. The monoisotopic (exact) mass is 259 g/mol. The Labute approximate surface area is 90.8 Å². The molecule has 1 aromatic rings. The molecule has 0 heterocycles. The lowest BCUT2D eigenvalue weighted by atomic mass is 10.1. The third kappa shape index (κ3) is 2.12. The normalized spacial score (nSPS) is 10.1. The molecule has 0 radical (unpaired) electrons. The van der Waals surface area contributed by atoms with Crippen LogP contribution in [-0.4, -0.2) is 24.9 Å². The molecule has 0 spiro atoms. The molecular formula is C10H11BrFNO. The van der Waals surface area contributed by atoms with Crippen molar-refractivity contribution in [2.75, 3.05) is 14.1 Å². The van der Waals surface area contributed by atoms with Gasteiger partial charge in [-0.2, -0.15) is 0 Å². The smallest absolute Gasteiger partial charge is 0.256 e. The molecule has 76 valence electrons. The quantitative estimate of drug-likeness (QED) is 0.760. The molecule has 0 fully saturated rings. The van der Waals surface area contributed by atoms with Gasteiger partial charge in [-0.15, -0.1) is 0 Å². The van der Waals surface area contributed by atoms with Crippen LogP contribution in [0.3, 0.4) is 0 Å². The van der Waals surface area contributed by atoms with Crippen LogP contribution in [0.2, 0.25) is 0 Å². The molecule has 0 saturated heterocycles. The average Bonchev–Trinajstić information content (AvgIpc) is 2.10. The molecule has 0 aliphatic heterocycles. The Morgan fingerprint density at radius 2 is 2.00 bits per heavy atom. The molecule has 14 heavy (non-hydrogen) atoms. The number of carbonyl (C=O) groups excluding carboxylic acids is 1. The van der Waals surface area contributed by atoms with Gasteiger partial charge in [-0.25, -0.2) is 4.39 Å². The number of halogens is 2. The van der Waals surface area contributed by atoms with E-state index in [1.54, 1.807) is 21.0 Å². The van der Waals surface area contributed by atoms with Gasteiger partial charge >= 0.3 is 0 Å². The van der Waals surface area contributed by atoms with Crippen molar-refractivity contribution in [3.8, 4) is 0 Å². The fourth-order valence-electron chi connectivity index (χ4n) is 1.05. The van der Waals surface area contributed by atoms with E-state index in [4.69, 9.17) is 0 Å². The third-order valence-electron chi connectivity index (χ3n) is 1.88. The van der Waals surface area contributed by atoms with Gasteiger partial charge in [-0.1, -0.05) is 15.9 Å². The summed E-state index contributed by atoms with van der Waals surface area (Å²) in [6, 6.07) is 2.85. The topological polar surface area (TPSA) is 20.3 Å². The van der Waals surface area contributed by atoms with Crippen molar-refractivity contribution >= 4 is 21.8 Å². The molecule has 2 nitrogen and oxygen atoms in total. The summed E-state index contributed by atoms with van der Waals surface area (Å²) in [6.45, 7) is 1.77. The van der Waals surface area contributed by atoms with Gasteiger partial charge in [-0.3, -0.25) is 4.79 Å². The van der Waals surface area contributed by atoms with E-state index in [2.05, 4.69) is 15.9 Å². The van der Waals surface area contributed by atoms with Crippen LogP contribution in [0, 0.1) is 12.7 Å². The predicted octanol–water partition coefficient (Wildman–Crippen LogP) is 2.60. The van der Waals surface area contributed by atoms with Gasteiger partial charge in [0, 0.05) is 18.6 Å². The van der Waals surface area contributed by atoms with Gasteiger partial charge in [-0.05, 0) is 24.6 Å².